The molecule has 1 N–H and O–H groups in total. The highest BCUT2D eigenvalue weighted by Crippen LogP contribution is 2.43. The monoisotopic (exact) mass is 344 g/mol. The van der Waals surface area contributed by atoms with Gasteiger partial charge < -0.3 is 19.7 Å². The van der Waals surface area contributed by atoms with Gasteiger partial charge in [0.15, 0.2) is 17.2 Å². The molecular weight excluding hydrogens is 320 g/mol. The number of ether oxygens (including phenoxy) is 2. The fourth-order valence-corrected chi connectivity index (χ4v) is 3.21. The molecule has 2 aromatic rings. The summed E-state index contributed by atoms with van der Waals surface area (Å²) in [4.78, 5) is 14.6. The van der Waals surface area contributed by atoms with E-state index in [1.807, 2.05) is 38.2 Å². The molecule has 0 unspecified atom stereocenters. The molecule has 25 heavy (non-hydrogen) atoms. The predicted octanol–water partition coefficient (Wildman–Crippen LogP) is 1.30. The molecule has 0 atom stereocenters. The van der Waals surface area contributed by atoms with Crippen LogP contribution in [0.1, 0.15) is 21.6 Å². The molecular formula is C18H24N4O3. The van der Waals surface area contributed by atoms with Crippen molar-refractivity contribution in [2.45, 2.75) is 6.42 Å². The lowest BCUT2D eigenvalue weighted by atomic mass is 10.1. The first-order valence-electron chi connectivity index (χ1n) is 8.20. The summed E-state index contributed by atoms with van der Waals surface area (Å²) in [6, 6.07) is 3.93. The summed E-state index contributed by atoms with van der Waals surface area (Å²) in [6.07, 6.45) is 0.662. The van der Waals surface area contributed by atoms with Crippen LogP contribution >= 0.6 is 0 Å². The summed E-state index contributed by atoms with van der Waals surface area (Å²) in [5, 5.41) is 7.39. The maximum Gasteiger partial charge on any atom is 0.272 e. The maximum absolute atomic E-state index is 12.5. The molecule has 1 aromatic heterocycles. The number of methoxy groups -OCH3 is 2. The van der Waals surface area contributed by atoms with E-state index in [9.17, 15) is 4.79 Å². The number of nitrogens with zero attached hydrogens (tertiary/aromatic N) is 3. The van der Waals surface area contributed by atoms with Gasteiger partial charge in [0.2, 0.25) is 0 Å². The lowest BCUT2D eigenvalue weighted by molar-refractivity contribution is 0.0944. The van der Waals surface area contributed by atoms with Gasteiger partial charge in [-0.25, -0.2) is 0 Å². The molecule has 1 amide bonds. The van der Waals surface area contributed by atoms with Gasteiger partial charge in [-0.1, -0.05) is 0 Å². The third-order valence-electron chi connectivity index (χ3n) is 4.44. The standard InChI is InChI=1S/C18H24N4O3/c1-21(2)7-6-19-18(23)16-13-8-11-9-14(24-4)15(25-5)10-12(11)17(13)22(3)20-16/h9-10H,6-8H2,1-5H3,(H,19,23). The number of hydrogen-bond acceptors (Lipinski definition) is 5. The first-order valence-corrected chi connectivity index (χ1v) is 8.20. The van der Waals surface area contributed by atoms with Crippen LogP contribution in [0.2, 0.25) is 0 Å². The second kappa shape index (κ2) is 6.76. The number of fused-ring (bicyclic) bond motifs is 3. The number of nitrogens with one attached hydrogen (secondary N) is 1. The minimum Gasteiger partial charge on any atom is -0.493 e. The number of benzene rings is 1. The maximum atomic E-state index is 12.5. The molecule has 0 fully saturated rings. The molecule has 134 valence electrons. The Labute approximate surface area is 147 Å². The van der Waals surface area contributed by atoms with Crippen molar-refractivity contribution < 1.29 is 14.3 Å². The Kier molecular flexibility index (Phi) is 4.67. The van der Waals surface area contributed by atoms with Crippen molar-refractivity contribution in [3.63, 3.8) is 0 Å². The second-order valence-electron chi connectivity index (χ2n) is 6.40. The number of aromatic nitrogens is 2. The van der Waals surface area contributed by atoms with E-state index in [0.29, 0.717) is 30.2 Å². The zero-order valence-corrected chi connectivity index (χ0v) is 15.3. The number of carbonyl (C=O) groups excluding carboxylic acids is 1. The number of rotatable bonds is 6. The summed E-state index contributed by atoms with van der Waals surface area (Å²) < 4.78 is 12.6. The fourth-order valence-electron chi connectivity index (χ4n) is 3.21. The number of carbonyl (C=O) groups is 1. The Morgan fingerprint density at radius 3 is 2.60 bits per heavy atom. The highest BCUT2D eigenvalue weighted by atomic mass is 16.5. The molecule has 0 saturated carbocycles. The van der Waals surface area contributed by atoms with Crippen LogP contribution in [0.3, 0.4) is 0 Å². The number of likely N-dealkylation sites (N-methyl/N-ethyl adjacent to an activating group) is 1. The Bertz CT molecular complexity index is 811. The first kappa shape index (κ1) is 17.3. The highest BCUT2D eigenvalue weighted by molar-refractivity contribution is 5.97. The summed E-state index contributed by atoms with van der Waals surface area (Å²) in [5.74, 6) is 1.23. The molecule has 0 aliphatic heterocycles. The van der Waals surface area contributed by atoms with E-state index in [0.717, 1.165) is 28.9 Å². The van der Waals surface area contributed by atoms with Gasteiger partial charge in [0, 0.05) is 37.7 Å². The van der Waals surface area contributed by atoms with Crippen LogP contribution in [-0.2, 0) is 13.5 Å². The van der Waals surface area contributed by atoms with Crippen molar-refractivity contribution >= 4 is 5.91 Å². The molecule has 7 nitrogen and oxygen atoms in total. The zero-order chi connectivity index (χ0) is 18.1. The van der Waals surface area contributed by atoms with Gasteiger partial charge in [0.1, 0.15) is 0 Å². The van der Waals surface area contributed by atoms with Gasteiger partial charge in [-0.15, -0.1) is 0 Å². The summed E-state index contributed by atoms with van der Waals surface area (Å²) in [7, 11) is 9.05. The van der Waals surface area contributed by atoms with Crippen LogP contribution in [0.25, 0.3) is 11.3 Å². The Morgan fingerprint density at radius 1 is 1.28 bits per heavy atom. The molecule has 1 heterocycles. The minimum atomic E-state index is -0.134. The Balaban J connectivity index is 1.93. The SMILES string of the molecule is COc1cc2c(cc1OC)-c1c(c(C(=O)NCCN(C)C)nn1C)C2. The van der Waals surface area contributed by atoms with Crippen molar-refractivity contribution in [1.82, 2.24) is 20.0 Å². The fraction of sp³-hybridized carbons (Fsp3) is 0.444. The van der Waals surface area contributed by atoms with Gasteiger partial charge in [-0.05, 0) is 31.8 Å². The third kappa shape index (κ3) is 3.07. The lowest BCUT2D eigenvalue weighted by Crippen LogP contribution is -2.32. The summed E-state index contributed by atoms with van der Waals surface area (Å²) >= 11 is 0. The van der Waals surface area contributed by atoms with Crippen LogP contribution < -0.4 is 14.8 Å². The third-order valence-corrected chi connectivity index (χ3v) is 4.44. The van der Waals surface area contributed by atoms with E-state index in [-0.39, 0.29) is 5.91 Å². The van der Waals surface area contributed by atoms with Gasteiger partial charge in [0.05, 0.1) is 19.9 Å². The molecule has 1 aliphatic rings. The largest absolute Gasteiger partial charge is 0.493 e. The van der Waals surface area contributed by atoms with E-state index in [2.05, 4.69) is 10.4 Å². The molecule has 3 rings (SSSR count). The molecule has 0 spiro atoms. The van der Waals surface area contributed by atoms with Crippen LogP contribution in [-0.4, -0.2) is 62.0 Å². The first-order chi connectivity index (χ1) is 12.0. The average molecular weight is 344 g/mol. The zero-order valence-electron chi connectivity index (χ0n) is 15.3. The summed E-state index contributed by atoms with van der Waals surface area (Å²) in [5.41, 5.74) is 4.56. The lowest BCUT2D eigenvalue weighted by Gasteiger charge is -2.11. The normalized spacial score (nSPS) is 12.1. The van der Waals surface area contributed by atoms with Gasteiger partial charge in [-0.3, -0.25) is 9.48 Å². The average Bonchev–Trinajstić information content (AvgIpc) is 3.10. The Hall–Kier alpha value is -2.54. The molecule has 7 heteroatoms. The van der Waals surface area contributed by atoms with Crippen LogP contribution in [0.5, 0.6) is 11.5 Å². The smallest absolute Gasteiger partial charge is 0.272 e. The molecule has 1 aliphatic carbocycles. The number of amides is 1. The minimum absolute atomic E-state index is 0.134. The molecule has 0 radical (unpaired) electrons. The molecule has 0 bridgehead atoms. The van der Waals surface area contributed by atoms with Crippen LogP contribution in [0, 0.1) is 0 Å². The number of hydrogen-bond donors (Lipinski definition) is 1. The molecule has 0 saturated heterocycles. The van der Waals surface area contributed by atoms with Crippen molar-refractivity contribution in [3.05, 3.63) is 29.0 Å². The quantitative estimate of drug-likeness (QED) is 0.730. The van der Waals surface area contributed by atoms with Crippen molar-refractivity contribution in [1.29, 1.82) is 0 Å². The van der Waals surface area contributed by atoms with E-state index in [1.54, 1.807) is 18.9 Å². The molecule has 1 aromatic carbocycles. The van der Waals surface area contributed by atoms with Gasteiger partial charge in [0.25, 0.3) is 5.91 Å². The topological polar surface area (TPSA) is 68.6 Å². The highest BCUT2D eigenvalue weighted by Gasteiger charge is 2.30. The van der Waals surface area contributed by atoms with Crippen LogP contribution in [0.15, 0.2) is 12.1 Å². The van der Waals surface area contributed by atoms with E-state index in [1.165, 1.54) is 0 Å². The number of aryl methyl sites for hydroxylation is 1. The van der Waals surface area contributed by atoms with Crippen molar-refractivity contribution in [2.24, 2.45) is 7.05 Å². The van der Waals surface area contributed by atoms with Crippen molar-refractivity contribution in [3.8, 4) is 22.8 Å². The predicted molar refractivity (Wildman–Crippen MR) is 95.4 cm³/mol. The van der Waals surface area contributed by atoms with Gasteiger partial charge >= 0.3 is 0 Å². The van der Waals surface area contributed by atoms with Crippen LogP contribution in [0.4, 0.5) is 0 Å². The van der Waals surface area contributed by atoms with E-state index >= 15 is 0 Å². The Morgan fingerprint density at radius 2 is 1.96 bits per heavy atom. The van der Waals surface area contributed by atoms with E-state index in [4.69, 9.17) is 9.47 Å². The second-order valence-corrected chi connectivity index (χ2v) is 6.40. The van der Waals surface area contributed by atoms with E-state index < -0.39 is 0 Å². The summed E-state index contributed by atoms with van der Waals surface area (Å²) in [6.45, 7) is 1.38. The van der Waals surface area contributed by atoms with Gasteiger partial charge in [-0.2, -0.15) is 5.10 Å². The van der Waals surface area contributed by atoms with Crippen molar-refractivity contribution in [2.75, 3.05) is 41.4 Å².